The summed E-state index contributed by atoms with van der Waals surface area (Å²) in [4.78, 5) is 23.2. The van der Waals surface area contributed by atoms with Gasteiger partial charge in [-0.2, -0.15) is 18.3 Å². The highest BCUT2D eigenvalue weighted by atomic mass is 28.4. The van der Waals surface area contributed by atoms with E-state index in [2.05, 4.69) is 49.2 Å². The van der Waals surface area contributed by atoms with E-state index >= 15 is 0 Å². The van der Waals surface area contributed by atoms with Crippen LogP contribution in [0.15, 0.2) is 12.1 Å². The lowest BCUT2D eigenvalue weighted by atomic mass is 10.2. The molecule has 2 heterocycles. The molecule has 0 saturated carbocycles. The molecule has 0 spiro atoms. The fourth-order valence-electron chi connectivity index (χ4n) is 2.57. The summed E-state index contributed by atoms with van der Waals surface area (Å²) in [6.07, 6.45) is -4.47. The smallest absolute Gasteiger partial charge is 0.408 e. The molecule has 0 aliphatic rings. The van der Waals surface area contributed by atoms with Crippen LogP contribution in [-0.4, -0.2) is 67.9 Å². The number of aromatic nitrogens is 4. The van der Waals surface area contributed by atoms with E-state index in [1.54, 1.807) is 19.9 Å². The number of esters is 2. The molecular weight excluding hydrogens is 577 g/mol. The minimum absolute atomic E-state index is 0.0584. The van der Waals surface area contributed by atoms with Gasteiger partial charge in [-0.05, 0) is 50.1 Å². The van der Waals surface area contributed by atoms with Gasteiger partial charge in [0.05, 0.1) is 13.2 Å². The van der Waals surface area contributed by atoms with Gasteiger partial charge in [0, 0.05) is 12.1 Å². The first kappa shape index (κ1) is 36.2. The van der Waals surface area contributed by atoms with Crippen LogP contribution in [0, 0.1) is 0 Å². The third-order valence-corrected chi connectivity index (χ3v) is 15.6. The van der Waals surface area contributed by atoms with Crippen molar-refractivity contribution < 1.29 is 41.1 Å². The third-order valence-electron chi connectivity index (χ3n) is 6.94. The molecule has 0 amide bonds. The molecule has 2 aromatic heterocycles. The summed E-state index contributed by atoms with van der Waals surface area (Å²) >= 11 is 0. The van der Waals surface area contributed by atoms with Crippen molar-refractivity contribution in [2.75, 3.05) is 13.2 Å². The Morgan fingerprint density at radius 1 is 0.854 bits per heavy atom. The minimum Gasteiger partial charge on any atom is -0.531 e. The number of H-pyrrole nitrogens is 1. The lowest BCUT2D eigenvalue weighted by Gasteiger charge is -2.36. The Bertz CT molecular complexity index is 1170. The van der Waals surface area contributed by atoms with E-state index in [0.717, 1.165) is 0 Å². The van der Waals surface area contributed by atoms with E-state index in [0.29, 0.717) is 22.9 Å². The van der Waals surface area contributed by atoms with E-state index in [1.807, 2.05) is 33.9 Å². The Hall–Kier alpha value is -2.82. The molecule has 2 aromatic rings. The van der Waals surface area contributed by atoms with Crippen LogP contribution in [0.1, 0.15) is 76.4 Å². The minimum atomic E-state index is -4.47. The number of alkyl halides is 3. The summed E-state index contributed by atoms with van der Waals surface area (Å²) in [6, 6.07) is 2.81. The number of nitrogens with zero attached hydrogens (tertiary/aromatic N) is 3. The van der Waals surface area contributed by atoms with Crippen molar-refractivity contribution >= 4 is 28.6 Å². The van der Waals surface area contributed by atoms with Gasteiger partial charge in [0.25, 0.3) is 16.6 Å². The van der Waals surface area contributed by atoms with Crippen molar-refractivity contribution in [1.29, 1.82) is 0 Å². The molecule has 0 unspecified atom stereocenters. The predicted octanol–water partition coefficient (Wildman–Crippen LogP) is 6.98. The zero-order chi connectivity index (χ0) is 32.0. The van der Waals surface area contributed by atoms with Gasteiger partial charge in [-0.25, -0.2) is 14.3 Å². The maximum Gasteiger partial charge on any atom is 0.408 e. The maximum absolute atomic E-state index is 12.7. The summed E-state index contributed by atoms with van der Waals surface area (Å²) in [5.74, 6) is -0.773. The Labute approximate surface area is 242 Å². The molecule has 10 nitrogen and oxygen atoms in total. The molecule has 2 rings (SSSR count). The molecule has 0 aromatic carbocycles. The molecule has 1 N–H and O–H groups in total. The third kappa shape index (κ3) is 10.8. The number of nitrogens with one attached hydrogen (secondary N) is 1. The lowest BCUT2D eigenvalue weighted by Crippen LogP contribution is -2.44. The molecule has 0 atom stereocenters. The molecule has 15 heteroatoms. The molecular formula is C26H45F3N4O6Si2. The van der Waals surface area contributed by atoms with Crippen molar-refractivity contribution in [2.24, 2.45) is 0 Å². The van der Waals surface area contributed by atoms with Gasteiger partial charge < -0.3 is 18.3 Å². The summed E-state index contributed by atoms with van der Waals surface area (Å²) < 4.78 is 60.4. The Kier molecular flexibility index (Phi) is 11.9. The normalized spacial score (nSPS) is 12.8. The highest BCUT2D eigenvalue weighted by Gasteiger charge is 2.41. The first-order chi connectivity index (χ1) is 18.4. The number of ether oxygens (including phenoxy) is 2. The molecule has 0 fully saturated rings. The summed E-state index contributed by atoms with van der Waals surface area (Å²) in [7, 11) is -4.29. The highest BCUT2D eigenvalue weighted by molar-refractivity contribution is 6.75. The number of rotatable bonds is 9. The number of carbonyl (C=O) groups excluding carboxylic acids is 2. The zero-order valence-corrected chi connectivity index (χ0v) is 28.2. The predicted molar refractivity (Wildman–Crippen MR) is 154 cm³/mol. The number of aromatic amines is 1. The zero-order valence-electron chi connectivity index (χ0n) is 26.2. The Morgan fingerprint density at radius 2 is 1.34 bits per heavy atom. The van der Waals surface area contributed by atoms with E-state index in [4.69, 9.17) is 18.3 Å². The van der Waals surface area contributed by atoms with Gasteiger partial charge in [0.2, 0.25) is 5.88 Å². The number of halogens is 3. The van der Waals surface area contributed by atoms with Crippen molar-refractivity contribution in [3.8, 4) is 11.8 Å². The van der Waals surface area contributed by atoms with Crippen LogP contribution in [0.25, 0.3) is 0 Å². The standard InChI is InChI=1S/C14H23F3N2O3Si.C12H22N2O3Si/c1-7-21-12(20)10-8-11(19(18-10)9-14(15,16)17)22-23(5,6)13(2,3)4;1-7-16-11(15)9-8-10(14-13-9)17-18(5,6)12(2,3)4/h8H,7,9H2,1-6H3;8H,7H2,1-6H3,(H,13,14). The van der Waals surface area contributed by atoms with Gasteiger partial charge in [-0.3, -0.25) is 5.10 Å². The van der Waals surface area contributed by atoms with Gasteiger partial charge in [0.1, 0.15) is 12.2 Å². The molecule has 41 heavy (non-hydrogen) atoms. The number of hydrogen-bond acceptors (Lipinski definition) is 8. The maximum atomic E-state index is 12.7. The van der Waals surface area contributed by atoms with Crippen molar-refractivity contribution in [1.82, 2.24) is 20.0 Å². The van der Waals surface area contributed by atoms with E-state index < -0.39 is 41.3 Å². The second-order valence-corrected chi connectivity index (χ2v) is 21.9. The fourth-order valence-corrected chi connectivity index (χ4v) is 4.49. The second-order valence-electron chi connectivity index (χ2n) is 12.4. The average molecular weight is 623 g/mol. The van der Waals surface area contributed by atoms with Crippen LogP contribution in [0.3, 0.4) is 0 Å². The van der Waals surface area contributed by atoms with Gasteiger partial charge >= 0.3 is 18.1 Å². The second kappa shape index (κ2) is 13.4. The molecule has 234 valence electrons. The Morgan fingerprint density at radius 3 is 1.80 bits per heavy atom. The van der Waals surface area contributed by atoms with Crippen LogP contribution in [0.5, 0.6) is 11.8 Å². The molecule has 0 saturated heterocycles. The first-order valence-corrected chi connectivity index (χ1v) is 19.2. The van der Waals surface area contributed by atoms with Crippen LogP contribution >= 0.6 is 0 Å². The number of carbonyl (C=O) groups is 2. The van der Waals surface area contributed by atoms with E-state index in [-0.39, 0.29) is 28.3 Å². The molecule has 0 aliphatic heterocycles. The summed E-state index contributed by atoms with van der Waals surface area (Å²) in [6.45, 7) is 22.9. The van der Waals surface area contributed by atoms with Crippen molar-refractivity contribution in [3.63, 3.8) is 0 Å². The van der Waals surface area contributed by atoms with Crippen molar-refractivity contribution in [2.45, 2.75) is 104 Å². The summed E-state index contributed by atoms with van der Waals surface area (Å²) in [5, 5.41) is 10.2. The van der Waals surface area contributed by atoms with E-state index in [9.17, 15) is 22.8 Å². The molecule has 0 radical (unpaired) electrons. The van der Waals surface area contributed by atoms with Gasteiger partial charge in [0.15, 0.2) is 11.6 Å². The SMILES string of the molecule is CCOC(=O)c1cc(O[Si](C)(C)C(C)(C)C)n(CC(F)(F)F)n1.CCOC(=O)c1cc(O[Si](C)(C)C(C)(C)C)n[nH]1. The van der Waals surface area contributed by atoms with Crippen LogP contribution < -0.4 is 8.85 Å². The summed E-state index contributed by atoms with van der Waals surface area (Å²) in [5.41, 5.74) is 0.135. The number of hydrogen-bond donors (Lipinski definition) is 1. The van der Waals surface area contributed by atoms with Gasteiger partial charge in [-0.1, -0.05) is 41.5 Å². The van der Waals surface area contributed by atoms with Crippen LogP contribution in [-0.2, 0) is 16.0 Å². The van der Waals surface area contributed by atoms with Crippen LogP contribution in [0.2, 0.25) is 36.3 Å². The largest absolute Gasteiger partial charge is 0.531 e. The highest BCUT2D eigenvalue weighted by Crippen LogP contribution is 2.38. The topological polar surface area (TPSA) is 118 Å². The van der Waals surface area contributed by atoms with Crippen molar-refractivity contribution in [3.05, 3.63) is 23.5 Å². The monoisotopic (exact) mass is 622 g/mol. The van der Waals surface area contributed by atoms with Gasteiger partial charge in [-0.15, -0.1) is 5.10 Å². The van der Waals surface area contributed by atoms with Crippen LogP contribution in [0.4, 0.5) is 13.2 Å². The van der Waals surface area contributed by atoms with E-state index in [1.165, 1.54) is 6.07 Å². The quantitative estimate of drug-likeness (QED) is 0.235. The lowest BCUT2D eigenvalue weighted by molar-refractivity contribution is -0.143. The molecule has 0 bridgehead atoms. The Balaban J connectivity index is 0.000000422. The first-order valence-electron chi connectivity index (χ1n) is 13.4. The average Bonchev–Trinajstić information content (AvgIpc) is 3.38. The molecule has 0 aliphatic carbocycles. The fraction of sp³-hybridized carbons (Fsp3) is 0.692.